The summed E-state index contributed by atoms with van der Waals surface area (Å²) in [4.78, 5) is 12.4. The van der Waals surface area contributed by atoms with Gasteiger partial charge in [-0.3, -0.25) is 4.79 Å². The highest BCUT2D eigenvalue weighted by Crippen LogP contribution is 2.71. The van der Waals surface area contributed by atoms with Gasteiger partial charge in [-0.25, -0.2) is 0 Å². The highest BCUT2D eigenvalue weighted by atomic mass is 16.6. The van der Waals surface area contributed by atoms with Crippen LogP contribution in [0.1, 0.15) is 65.2 Å². The maximum absolute atomic E-state index is 14.7. The fourth-order valence-electron chi connectivity index (χ4n) is 9.05. The molecule has 0 aromatic heterocycles. The summed E-state index contributed by atoms with van der Waals surface area (Å²) in [6, 6.07) is 0.202. The number of carbonyl (C=O) groups is 1. The zero-order valence-electron chi connectivity index (χ0n) is 16.1. The molecule has 0 N–H and O–H groups in total. The number of esters is 1. The molecule has 5 fully saturated rings. The number of carbonyl (C=O) groups excluding carboxylic acids is 1. The molecular formula is C22H31NO3. The summed E-state index contributed by atoms with van der Waals surface area (Å²) < 4.78 is 6.31. The first-order valence-corrected chi connectivity index (χ1v) is 10.9. The first kappa shape index (κ1) is 16.1. The summed E-state index contributed by atoms with van der Waals surface area (Å²) in [6.07, 6.45) is 10.6. The van der Waals surface area contributed by atoms with Crippen LogP contribution in [-0.2, 0) is 9.53 Å². The van der Waals surface area contributed by atoms with E-state index in [0.717, 1.165) is 38.6 Å². The first-order valence-electron chi connectivity index (χ1n) is 10.9. The number of allylic oxidation sites excluding steroid dienone is 1. The third-order valence-electron chi connectivity index (χ3n) is 9.85. The lowest BCUT2D eigenvalue weighted by Gasteiger charge is -2.70. The molecule has 2 saturated carbocycles. The van der Waals surface area contributed by atoms with Crippen molar-refractivity contribution in [2.24, 2.45) is 29.1 Å². The van der Waals surface area contributed by atoms with Gasteiger partial charge in [0.2, 0.25) is 0 Å². The lowest BCUT2D eigenvalue weighted by molar-refractivity contribution is -0.936. The summed E-state index contributed by atoms with van der Waals surface area (Å²) in [5.41, 5.74) is 0.940. The second-order valence-corrected chi connectivity index (χ2v) is 10.5. The Hall–Kier alpha value is -0.870. The van der Waals surface area contributed by atoms with E-state index in [1.807, 2.05) is 0 Å². The summed E-state index contributed by atoms with van der Waals surface area (Å²) in [5, 5.41) is 14.7. The third-order valence-corrected chi connectivity index (χ3v) is 9.85. The Morgan fingerprint density at radius 2 is 2.08 bits per heavy atom. The van der Waals surface area contributed by atoms with Gasteiger partial charge in [-0.2, -0.15) is 0 Å². The smallest absolute Gasteiger partial charge is 0.306 e. The number of nitrogens with zero attached hydrogens (tertiary/aromatic N) is 1. The van der Waals surface area contributed by atoms with Crippen LogP contribution in [0.2, 0.25) is 0 Å². The summed E-state index contributed by atoms with van der Waals surface area (Å²) in [6.45, 7) is 5.32. The van der Waals surface area contributed by atoms with E-state index in [1.165, 1.54) is 18.4 Å². The van der Waals surface area contributed by atoms with Crippen LogP contribution in [0.4, 0.5) is 0 Å². The molecule has 0 bridgehead atoms. The van der Waals surface area contributed by atoms with Crippen LogP contribution in [-0.4, -0.2) is 34.8 Å². The fourth-order valence-corrected chi connectivity index (χ4v) is 9.05. The Labute approximate surface area is 156 Å². The minimum Gasteiger partial charge on any atom is -0.632 e. The minimum absolute atomic E-state index is 0.0198. The predicted molar refractivity (Wildman–Crippen MR) is 97.7 cm³/mol. The van der Waals surface area contributed by atoms with E-state index in [4.69, 9.17) is 4.74 Å². The number of quaternary nitrogens is 1. The number of rotatable bonds is 0. The van der Waals surface area contributed by atoms with Crippen molar-refractivity contribution in [1.82, 2.24) is 0 Å². The SMILES string of the molecule is C[C@@H]1C[N+]2([O-])[C@H]3C4=CCC[C@@H]4CC[C@@H]3[C@@]3(C)OC(=O)CC[C@]34CC[C@H]1[C@@H]42. The van der Waals surface area contributed by atoms with E-state index >= 15 is 0 Å². The predicted octanol–water partition coefficient (Wildman–Crippen LogP) is 3.94. The molecule has 1 unspecified atom stereocenters. The summed E-state index contributed by atoms with van der Waals surface area (Å²) in [7, 11) is 0. The average Bonchev–Trinajstić information content (AvgIpc) is 3.27. The number of fused-ring (bicyclic) bond motifs is 5. The van der Waals surface area contributed by atoms with Crippen molar-refractivity contribution in [3.63, 3.8) is 0 Å². The van der Waals surface area contributed by atoms with Gasteiger partial charge in [-0.1, -0.05) is 13.0 Å². The van der Waals surface area contributed by atoms with E-state index in [9.17, 15) is 10.0 Å². The standard InChI is InChI=1S/C22H31NO3/c1-13-12-23(25)19-16-5-3-4-14(16)6-7-17(19)21(2)22(11-9-18(24)26-21)10-8-15(13)20(22)23/h5,13-15,17,19-20H,3-4,6-12H2,1-2H3/t13-,14-,15-,17+,19+,20+,21-,22+,23?/m1/s1. The van der Waals surface area contributed by atoms with Gasteiger partial charge in [-0.05, 0) is 63.4 Å². The van der Waals surface area contributed by atoms with Gasteiger partial charge in [0.15, 0.2) is 0 Å². The maximum atomic E-state index is 14.7. The Balaban J connectivity index is 1.58. The van der Waals surface area contributed by atoms with Gasteiger partial charge >= 0.3 is 5.97 Å². The molecule has 0 radical (unpaired) electrons. The highest BCUT2D eigenvalue weighted by Gasteiger charge is 2.78. The van der Waals surface area contributed by atoms with Crippen molar-refractivity contribution in [2.75, 3.05) is 6.54 Å². The molecule has 1 spiro atoms. The van der Waals surface area contributed by atoms with E-state index in [2.05, 4.69) is 19.9 Å². The lowest BCUT2D eigenvalue weighted by atomic mass is 9.51. The van der Waals surface area contributed by atoms with Crippen molar-refractivity contribution in [3.05, 3.63) is 16.9 Å². The molecule has 0 aromatic carbocycles. The quantitative estimate of drug-likeness (QED) is 0.286. The molecule has 3 aliphatic carbocycles. The van der Waals surface area contributed by atoms with Crippen molar-refractivity contribution < 1.29 is 14.2 Å². The van der Waals surface area contributed by atoms with Crippen molar-refractivity contribution >= 4 is 5.97 Å². The normalized spacial score (nSPS) is 59.8. The Bertz CT molecular complexity index is 718. The summed E-state index contributed by atoms with van der Waals surface area (Å²) in [5.74, 6) is 1.82. The Kier molecular flexibility index (Phi) is 2.94. The second kappa shape index (κ2) is 4.75. The molecular weight excluding hydrogens is 326 g/mol. The third kappa shape index (κ3) is 1.56. The zero-order chi connectivity index (χ0) is 17.9. The topological polar surface area (TPSA) is 49.4 Å². The van der Waals surface area contributed by atoms with Crippen LogP contribution in [0.15, 0.2) is 11.6 Å². The number of hydroxylamine groups is 3. The lowest BCUT2D eigenvalue weighted by Crippen LogP contribution is -2.78. The molecule has 9 atom stereocenters. The Morgan fingerprint density at radius 1 is 1.23 bits per heavy atom. The number of hydrogen-bond donors (Lipinski definition) is 0. The second-order valence-electron chi connectivity index (χ2n) is 10.5. The average molecular weight is 357 g/mol. The van der Waals surface area contributed by atoms with Gasteiger partial charge in [-0.15, -0.1) is 0 Å². The van der Waals surface area contributed by atoms with Crippen LogP contribution in [0, 0.1) is 34.3 Å². The number of piperidine rings is 1. The number of ether oxygens (including phenoxy) is 1. The van der Waals surface area contributed by atoms with Gasteiger partial charge in [0.25, 0.3) is 0 Å². The molecule has 3 heterocycles. The van der Waals surface area contributed by atoms with Crippen LogP contribution in [0.3, 0.4) is 0 Å². The highest BCUT2D eigenvalue weighted by molar-refractivity contribution is 5.71. The van der Waals surface area contributed by atoms with Crippen LogP contribution in [0.25, 0.3) is 0 Å². The number of hydrogen-bond acceptors (Lipinski definition) is 3. The van der Waals surface area contributed by atoms with Crippen molar-refractivity contribution in [1.29, 1.82) is 0 Å². The molecule has 3 saturated heterocycles. The molecule has 26 heavy (non-hydrogen) atoms. The van der Waals surface area contributed by atoms with Crippen LogP contribution in [0.5, 0.6) is 0 Å². The van der Waals surface area contributed by atoms with Gasteiger partial charge < -0.3 is 14.6 Å². The minimum atomic E-state index is -0.433. The molecule has 6 rings (SSSR count). The Morgan fingerprint density at radius 3 is 2.92 bits per heavy atom. The zero-order valence-corrected chi connectivity index (χ0v) is 16.1. The first-order chi connectivity index (χ1) is 12.4. The van der Waals surface area contributed by atoms with E-state index in [1.54, 1.807) is 0 Å². The van der Waals surface area contributed by atoms with E-state index in [0.29, 0.717) is 24.2 Å². The van der Waals surface area contributed by atoms with E-state index < -0.39 is 5.60 Å². The molecule has 4 heteroatoms. The van der Waals surface area contributed by atoms with Gasteiger partial charge in [0.1, 0.15) is 17.7 Å². The summed E-state index contributed by atoms with van der Waals surface area (Å²) >= 11 is 0. The molecule has 4 nitrogen and oxygen atoms in total. The molecule has 3 aliphatic heterocycles. The van der Waals surface area contributed by atoms with Crippen LogP contribution < -0.4 is 0 Å². The fraction of sp³-hybridized carbons (Fsp3) is 0.864. The van der Waals surface area contributed by atoms with Crippen LogP contribution >= 0.6 is 0 Å². The molecule has 6 aliphatic rings. The maximum Gasteiger partial charge on any atom is 0.306 e. The van der Waals surface area contributed by atoms with E-state index in [-0.39, 0.29) is 34.0 Å². The largest absolute Gasteiger partial charge is 0.632 e. The molecule has 0 aromatic rings. The molecule has 0 amide bonds. The van der Waals surface area contributed by atoms with Gasteiger partial charge in [0.05, 0.1) is 17.9 Å². The van der Waals surface area contributed by atoms with Crippen molar-refractivity contribution in [2.45, 2.75) is 82.9 Å². The van der Waals surface area contributed by atoms with Crippen molar-refractivity contribution in [3.8, 4) is 0 Å². The molecule has 142 valence electrons. The van der Waals surface area contributed by atoms with Gasteiger partial charge in [0, 0.05) is 18.3 Å². The monoisotopic (exact) mass is 357 g/mol.